The summed E-state index contributed by atoms with van der Waals surface area (Å²) >= 11 is 0. The zero-order chi connectivity index (χ0) is 7.33. The van der Waals surface area contributed by atoms with Crippen LogP contribution in [0.1, 0.15) is 33.1 Å². The van der Waals surface area contributed by atoms with E-state index in [4.69, 9.17) is 12.2 Å². The number of hydrogen-bond donors (Lipinski definition) is 1. The van der Waals surface area contributed by atoms with Crippen LogP contribution in [-0.4, -0.2) is 5.54 Å². The van der Waals surface area contributed by atoms with Gasteiger partial charge in [-0.2, -0.15) is 0 Å². The van der Waals surface area contributed by atoms with Crippen molar-refractivity contribution in [1.82, 2.24) is 0 Å². The van der Waals surface area contributed by atoms with Crippen LogP contribution in [0.3, 0.4) is 0 Å². The molecule has 10 heavy (non-hydrogen) atoms. The van der Waals surface area contributed by atoms with E-state index in [1.165, 1.54) is 0 Å². The lowest BCUT2D eigenvalue weighted by atomic mass is 9.99. The van der Waals surface area contributed by atoms with Crippen LogP contribution < -0.4 is 5.73 Å². The number of terminal acetylenes is 1. The van der Waals surface area contributed by atoms with Crippen molar-refractivity contribution in [2.75, 3.05) is 0 Å². The maximum atomic E-state index is 5.71. The molecule has 2 heteroatoms. The van der Waals surface area contributed by atoms with Crippen LogP contribution in [0.15, 0.2) is 0 Å². The summed E-state index contributed by atoms with van der Waals surface area (Å²) in [5, 5.41) is 0. The van der Waals surface area contributed by atoms with E-state index in [9.17, 15) is 0 Å². The highest BCUT2D eigenvalue weighted by molar-refractivity contribution is 5.85. The Morgan fingerprint density at radius 2 is 2.00 bits per heavy atom. The minimum Gasteiger partial charge on any atom is -0.326 e. The van der Waals surface area contributed by atoms with Crippen LogP contribution in [0.2, 0.25) is 0 Å². The fourth-order valence-electron chi connectivity index (χ4n) is 0.646. The van der Waals surface area contributed by atoms with Crippen molar-refractivity contribution in [3.63, 3.8) is 0 Å². The van der Waals surface area contributed by atoms with Gasteiger partial charge >= 0.3 is 0 Å². The maximum absolute atomic E-state index is 5.71. The molecule has 0 saturated carbocycles. The maximum Gasteiger partial charge on any atom is 0.00973 e. The van der Waals surface area contributed by atoms with E-state index >= 15 is 0 Å². The number of nitrogens with two attached hydrogens (primary N) is 1. The van der Waals surface area contributed by atoms with Gasteiger partial charge in [-0.15, -0.1) is 24.8 Å². The Bertz CT molecular complexity index is 107. The molecule has 0 aromatic carbocycles. The molecule has 0 aromatic heterocycles. The lowest BCUT2D eigenvalue weighted by Crippen LogP contribution is -2.31. The van der Waals surface area contributed by atoms with Crippen molar-refractivity contribution in [2.24, 2.45) is 5.73 Å². The summed E-state index contributed by atoms with van der Waals surface area (Å²) in [6.45, 7) is 4.03. The first kappa shape index (κ1) is 12.5. The Morgan fingerprint density at radius 1 is 1.50 bits per heavy atom. The highest BCUT2D eigenvalue weighted by Crippen LogP contribution is 2.07. The number of halogens is 1. The average molecular weight is 162 g/mol. The smallest absolute Gasteiger partial charge is 0.00973 e. The molecule has 0 rings (SSSR count). The second kappa shape index (κ2) is 5.58. The molecular weight excluding hydrogens is 146 g/mol. The zero-order valence-electron chi connectivity index (χ0n) is 6.68. The first-order valence-corrected chi connectivity index (χ1v) is 3.28. The Kier molecular flexibility index (Phi) is 6.97. The molecule has 0 radical (unpaired) electrons. The minimum absolute atomic E-state index is 0. The largest absolute Gasteiger partial charge is 0.326 e. The molecule has 0 aliphatic rings. The highest BCUT2D eigenvalue weighted by atomic mass is 35.5. The van der Waals surface area contributed by atoms with E-state index in [2.05, 4.69) is 5.92 Å². The summed E-state index contributed by atoms with van der Waals surface area (Å²) in [4.78, 5) is 0. The van der Waals surface area contributed by atoms with Crippen LogP contribution in [0.4, 0.5) is 0 Å². The van der Waals surface area contributed by atoms with Gasteiger partial charge in [-0.05, 0) is 26.7 Å². The monoisotopic (exact) mass is 161 g/mol. The van der Waals surface area contributed by atoms with E-state index in [1.54, 1.807) is 0 Å². The second-order valence-electron chi connectivity index (χ2n) is 3.05. The fraction of sp³-hybridized carbons (Fsp3) is 0.750. The lowest BCUT2D eigenvalue weighted by Gasteiger charge is -2.16. The Morgan fingerprint density at radius 3 is 2.30 bits per heavy atom. The van der Waals surface area contributed by atoms with Crippen molar-refractivity contribution >= 4 is 12.4 Å². The van der Waals surface area contributed by atoms with E-state index in [0.29, 0.717) is 0 Å². The van der Waals surface area contributed by atoms with Gasteiger partial charge in [0.1, 0.15) is 0 Å². The lowest BCUT2D eigenvalue weighted by molar-refractivity contribution is 0.463. The number of rotatable bonds is 3. The van der Waals surface area contributed by atoms with Crippen molar-refractivity contribution in [3.05, 3.63) is 0 Å². The molecule has 0 heterocycles. The van der Waals surface area contributed by atoms with E-state index in [-0.39, 0.29) is 17.9 Å². The second-order valence-corrected chi connectivity index (χ2v) is 3.05. The molecule has 0 amide bonds. The third-order valence-corrected chi connectivity index (χ3v) is 1.14. The first-order valence-electron chi connectivity index (χ1n) is 3.28. The number of unbranched alkanes of at least 4 members (excludes halogenated alkanes) is 1. The highest BCUT2D eigenvalue weighted by Gasteiger charge is 2.07. The topological polar surface area (TPSA) is 26.0 Å². The van der Waals surface area contributed by atoms with Gasteiger partial charge in [-0.1, -0.05) is 0 Å². The van der Waals surface area contributed by atoms with E-state index in [0.717, 1.165) is 19.3 Å². The summed E-state index contributed by atoms with van der Waals surface area (Å²) in [5.74, 6) is 2.58. The molecule has 0 bridgehead atoms. The van der Waals surface area contributed by atoms with Gasteiger partial charge in [-0.25, -0.2) is 0 Å². The molecule has 60 valence electrons. The Labute approximate surface area is 69.8 Å². The van der Waals surface area contributed by atoms with Gasteiger partial charge in [-0.3, -0.25) is 0 Å². The van der Waals surface area contributed by atoms with Crippen molar-refractivity contribution in [1.29, 1.82) is 0 Å². The molecule has 0 aliphatic carbocycles. The summed E-state index contributed by atoms with van der Waals surface area (Å²) < 4.78 is 0. The van der Waals surface area contributed by atoms with Crippen molar-refractivity contribution in [3.8, 4) is 12.3 Å². The minimum atomic E-state index is -0.0448. The zero-order valence-corrected chi connectivity index (χ0v) is 7.50. The van der Waals surface area contributed by atoms with Crippen LogP contribution >= 0.6 is 12.4 Å². The van der Waals surface area contributed by atoms with Crippen LogP contribution in [0.25, 0.3) is 0 Å². The predicted octanol–water partition coefficient (Wildman–Crippen LogP) is 1.95. The van der Waals surface area contributed by atoms with Crippen LogP contribution in [0, 0.1) is 12.3 Å². The summed E-state index contributed by atoms with van der Waals surface area (Å²) in [6, 6.07) is 0. The average Bonchev–Trinajstić information content (AvgIpc) is 1.63. The molecule has 0 saturated heterocycles. The van der Waals surface area contributed by atoms with Gasteiger partial charge in [0, 0.05) is 12.0 Å². The van der Waals surface area contributed by atoms with Gasteiger partial charge in [0.05, 0.1) is 0 Å². The molecule has 0 unspecified atom stereocenters. The van der Waals surface area contributed by atoms with Crippen molar-refractivity contribution < 1.29 is 0 Å². The van der Waals surface area contributed by atoms with Gasteiger partial charge < -0.3 is 5.73 Å². The molecule has 0 spiro atoms. The van der Waals surface area contributed by atoms with Gasteiger partial charge in [0.25, 0.3) is 0 Å². The van der Waals surface area contributed by atoms with E-state index < -0.39 is 0 Å². The molecule has 0 atom stereocenters. The summed E-state index contributed by atoms with van der Waals surface area (Å²) in [6.07, 6.45) is 7.97. The molecule has 0 aromatic rings. The summed E-state index contributed by atoms with van der Waals surface area (Å²) in [7, 11) is 0. The van der Waals surface area contributed by atoms with Crippen LogP contribution in [-0.2, 0) is 0 Å². The molecule has 2 N–H and O–H groups in total. The number of hydrogen-bond acceptors (Lipinski definition) is 1. The Hall–Kier alpha value is -0.190. The van der Waals surface area contributed by atoms with Crippen LogP contribution in [0.5, 0.6) is 0 Å². The third kappa shape index (κ3) is 10.7. The third-order valence-electron chi connectivity index (χ3n) is 1.14. The van der Waals surface area contributed by atoms with Gasteiger partial charge in [0.15, 0.2) is 0 Å². The first-order chi connectivity index (χ1) is 4.06. The SMILES string of the molecule is C#CCCCC(C)(C)N.Cl. The molecule has 1 nitrogen and oxygen atoms in total. The molecule has 0 fully saturated rings. The quantitative estimate of drug-likeness (QED) is 0.497. The normalized spacial score (nSPS) is 9.80. The summed E-state index contributed by atoms with van der Waals surface area (Å²) in [5.41, 5.74) is 5.66. The van der Waals surface area contributed by atoms with Gasteiger partial charge in [0.2, 0.25) is 0 Å². The van der Waals surface area contributed by atoms with E-state index in [1.807, 2.05) is 13.8 Å². The van der Waals surface area contributed by atoms with Crippen molar-refractivity contribution in [2.45, 2.75) is 38.6 Å². The standard InChI is InChI=1S/C8H15N.ClH/c1-4-5-6-7-8(2,3)9;/h1H,5-7,9H2,2-3H3;1H. The molecule has 0 aliphatic heterocycles. The predicted molar refractivity (Wildman–Crippen MR) is 48.2 cm³/mol. The molecular formula is C8H16ClN. The fourth-order valence-corrected chi connectivity index (χ4v) is 0.646. The Balaban J connectivity index is 0.